The highest BCUT2D eigenvalue weighted by atomic mass is 32.1. The summed E-state index contributed by atoms with van der Waals surface area (Å²) in [6, 6.07) is 5.76. The molecule has 1 aliphatic heterocycles. The van der Waals surface area contributed by atoms with Crippen LogP contribution in [-0.2, 0) is 4.79 Å². The summed E-state index contributed by atoms with van der Waals surface area (Å²) in [5.41, 5.74) is 2.47. The smallest absolute Gasteiger partial charge is 0.204 e. The van der Waals surface area contributed by atoms with Crippen molar-refractivity contribution in [2.24, 2.45) is 5.92 Å². The summed E-state index contributed by atoms with van der Waals surface area (Å²) in [5, 5.41) is 21.8. The zero-order chi connectivity index (χ0) is 24.9. The standard InChI is InChI=1S/C26H38N6O3.H2S/c1-17(2)24(31-14-11-19(33)12-15-31)23(34)8-6-5-7-13-27-25-26-30-29-18(3)32(26)22-10-9-20(35-4)16-21(22)28-25;/h9-10,16-17,19,24,33H,5-8,11-15H2,1-4H3,(H,27,28);1H2/t24-;/m0./s1. The highest BCUT2D eigenvalue weighted by Gasteiger charge is 2.30. The number of likely N-dealkylation sites (tertiary alicyclic amines) is 1. The lowest BCUT2D eigenvalue weighted by atomic mass is 9.92. The van der Waals surface area contributed by atoms with Gasteiger partial charge in [-0.25, -0.2) is 4.98 Å². The average Bonchev–Trinajstić information content (AvgIpc) is 3.24. The minimum Gasteiger partial charge on any atom is -0.497 e. The molecule has 3 aromatic rings. The average molecular weight is 517 g/mol. The predicted octanol–water partition coefficient (Wildman–Crippen LogP) is 3.73. The number of carbonyl (C=O) groups is 1. The number of aromatic nitrogens is 4. The lowest BCUT2D eigenvalue weighted by molar-refractivity contribution is -0.127. The highest BCUT2D eigenvalue weighted by molar-refractivity contribution is 7.59. The Kier molecular flexibility index (Phi) is 9.92. The molecule has 4 rings (SSSR count). The number of nitrogens with one attached hydrogen (secondary N) is 1. The lowest BCUT2D eigenvalue weighted by Gasteiger charge is -2.37. The van der Waals surface area contributed by atoms with Crippen LogP contribution in [0.1, 0.15) is 58.2 Å². The van der Waals surface area contributed by atoms with Gasteiger partial charge in [-0.3, -0.25) is 14.1 Å². The number of anilines is 1. The van der Waals surface area contributed by atoms with Gasteiger partial charge in [0.15, 0.2) is 5.82 Å². The molecule has 0 bridgehead atoms. The topological polar surface area (TPSA) is 105 Å². The van der Waals surface area contributed by atoms with Crippen LogP contribution in [-0.4, -0.2) is 74.3 Å². The molecule has 1 aromatic carbocycles. The Labute approximate surface area is 220 Å². The van der Waals surface area contributed by atoms with Gasteiger partial charge in [0.25, 0.3) is 0 Å². The molecule has 0 spiro atoms. The number of piperidine rings is 1. The molecule has 1 saturated heterocycles. The number of hydrogen-bond acceptors (Lipinski definition) is 8. The molecule has 1 atom stereocenters. The first-order chi connectivity index (χ1) is 16.9. The fourth-order valence-corrected chi connectivity index (χ4v) is 5.12. The molecule has 36 heavy (non-hydrogen) atoms. The Morgan fingerprint density at radius 2 is 1.94 bits per heavy atom. The van der Waals surface area contributed by atoms with Crippen LogP contribution in [0.25, 0.3) is 16.7 Å². The number of Topliss-reactive ketones (excluding diaryl/α,β-unsaturated/α-hetero) is 1. The number of carbonyl (C=O) groups excluding carboxylic acids is 1. The monoisotopic (exact) mass is 516 g/mol. The number of methoxy groups -OCH3 is 1. The Balaban J connectivity index is 0.00000361. The molecule has 0 saturated carbocycles. The fraction of sp³-hybridized carbons (Fsp3) is 0.615. The van der Waals surface area contributed by atoms with E-state index in [4.69, 9.17) is 9.72 Å². The van der Waals surface area contributed by atoms with Gasteiger partial charge in [0.05, 0.1) is 30.3 Å². The van der Waals surface area contributed by atoms with Crippen molar-refractivity contribution in [1.29, 1.82) is 0 Å². The SMILES string of the molecule is COc1ccc2c(c1)nc(NCCCCCC(=O)[C@H](C(C)C)N1CCC(O)CC1)c1nnc(C)n12.S. The number of aliphatic hydroxyl groups is 1. The maximum atomic E-state index is 13.0. The normalized spacial score (nSPS) is 15.8. The van der Waals surface area contributed by atoms with Crippen molar-refractivity contribution in [2.45, 2.75) is 71.4 Å². The Morgan fingerprint density at radius 3 is 2.64 bits per heavy atom. The number of fused-ring (bicyclic) bond motifs is 3. The first-order valence-corrected chi connectivity index (χ1v) is 12.8. The molecule has 9 nitrogen and oxygen atoms in total. The first kappa shape index (κ1) is 28.1. The summed E-state index contributed by atoms with van der Waals surface area (Å²) in [6.07, 6.45) is 4.68. The third-order valence-corrected chi connectivity index (χ3v) is 6.94. The van der Waals surface area contributed by atoms with Gasteiger partial charge in [-0.05, 0) is 50.7 Å². The van der Waals surface area contributed by atoms with Crippen LogP contribution in [0.5, 0.6) is 5.75 Å². The number of aliphatic hydroxyl groups excluding tert-OH is 1. The quantitative estimate of drug-likeness (QED) is 0.372. The molecule has 1 fully saturated rings. The zero-order valence-electron chi connectivity index (χ0n) is 21.8. The molecule has 2 N–H and O–H groups in total. The molecule has 2 aromatic heterocycles. The third-order valence-electron chi connectivity index (χ3n) is 6.94. The van der Waals surface area contributed by atoms with E-state index in [0.717, 1.165) is 74.3 Å². The number of nitrogens with zero attached hydrogens (tertiary/aromatic N) is 5. The van der Waals surface area contributed by atoms with E-state index in [9.17, 15) is 9.90 Å². The molecular weight excluding hydrogens is 476 g/mol. The molecule has 0 radical (unpaired) electrons. The summed E-state index contributed by atoms with van der Waals surface area (Å²) in [4.78, 5) is 20.0. The second-order valence-corrected chi connectivity index (χ2v) is 9.88. The molecule has 0 aliphatic carbocycles. The van der Waals surface area contributed by atoms with E-state index < -0.39 is 0 Å². The van der Waals surface area contributed by atoms with Crippen molar-refractivity contribution < 1.29 is 14.6 Å². The summed E-state index contributed by atoms with van der Waals surface area (Å²) >= 11 is 0. The summed E-state index contributed by atoms with van der Waals surface area (Å²) < 4.78 is 7.37. The molecule has 1 aliphatic rings. The van der Waals surface area contributed by atoms with Crippen molar-refractivity contribution in [2.75, 3.05) is 32.1 Å². The van der Waals surface area contributed by atoms with Crippen LogP contribution in [0.2, 0.25) is 0 Å². The van der Waals surface area contributed by atoms with Gasteiger partial charge >= 0.3 is 0 Å². The van der Waals surface area contributed by atoms with Crippen LogP contribution in [0.4, 0.5) is 5.82 Å². The Hall–Kier alpha value is -2.43. The second kappa shape index (κ2) is 12.7. The van der Waals surface area contributed by atoms with E-state index in [1.54, 1.807) is 7.11 Å². The maximum Gasteiger partial charge on any atom is 0.204 e. The second-order valence-electron chi connectivity index (χ2n) is 9.88. The minimum absolute atomic E-state index is 0. The van der Waals surface area contributed by atoms with E-state index in [2.05, 4.69) is 34.3 Å². The van der Waals surface area contributed by atoms with Crippen molar-refractivity contribution >= 4 is 41.8 Å². The van der Waals surface area contributed by atoms with Crippen LogP contribution in [0.3, 0.4) is 0 Å². The Bertz CT molecular complexity index is 1160. The van der Waals surface area contributed by atoms with Crippen LogP contribution < -0.4 is 10.1 Å². The molecule has 10 heteroatoms. The predicted molar refractivity (Wildman–Crippen MR) is 147 cm³/mol. The molecule has 3 heterocycles. The maximum absolute atomic E-state index is 13.0. The number of ketones is 1. The van der Waals surface area contributed by atoms with Crippen LogP contribution in [0, 0.1) is 12.8 Å². The molecular formula is C26H40N6O3S. The number of benzene rings is 1. The largest absolute Gasteiger partial charge is 0.497 e. The highest BCUT2D eigenvalue weighted by Crippen LogP contribution is 2.25. The molecule has 0 amide bonds. The number of rotatable bonds is 11. The number of hydrogen-bond donors (Lipinski definition) is 2. The van der Waals surface area contributed by atoms with Crippen LogP contribution >= 0.6 is 13.5 Å². The van der Waals surface area contributed by atoms with E-state index >= 15 is 0 Å². The van der Waals surface area contributed by atoms with Gasteiger partial charge in [-0.2, -0.15) is 13.5 Å². The van der Waals surface area contributed by atoms with Gasteiger partial charge in [0.1, 0.15) is 17.4 Å². The van der Waals surface area contributed by atoms with E-state index in [1.807, 2.05) is 29.5 Å². The fourth-order valence-electron chi connectivity index (χ4n) is 5.12. The first-order valence-electron chi connectivity index (χ1n) is 12.8. The lowest BCUT2D eigenvalue weighted by Crippen LogP contribution is -2.49. The molecule has 0 unspecified atom stereocenters. The van der Waals surface area contributed by atoms with Crippen molar-refractivity contribution in [3.05, 3.63) is 24.0 Å². The van der Waals surface area contributed by atoms with Crippen molar-refractivity contribution in [1.82, 2.24) is 24.5 Å². The van der Waals surface area contributed by atoms with Gasteiger partial charge in [-0.1, -0.05) is 20.3 Å². The van der Waals surface area contributed by atoms with Gasteiger partial charge in [0, 0.05) is 32.1 Å². The summed E-state index contributed by atoms with van der Waals surface area (Å²) in [7, 11) is 1.65. The van der Waals surface area contributed by atoms with Crippen LogP contribution in [0.15, 0.2) is 18.2 Å². The van der Waals surface area contributed by atoms with Gasteiger partial charge in [0.2, 0.25) is 5.65 Å². The van der Waals surface area contributed by atoms with Crippen molar-refractivity contribution in [3.8, 4) is 5.75 Å². The van der Waals surface area contributed by atoms with Gasteiger partial charge in [-0.15, -0.1) is 10.2 Å². The van der Waals surface area contributed by atoms with Crippen molar-refractivity contribution in [3.63, 3.8) is 0 Å². The number of unbranched alkanes of at least 4 members (excludes halogenated alkanes) is 2. The van der Waals surface area contributed by atoms with E-state index in [-0.39, 0.29) is 31.6 Å². The number of ether oxygens (including phenoxy) is 1. The zero-order valence-corrected chi connectivity index (χ0v) is 22.8. The van der Waals surface area contributed by atoms with E-state index in [0.29, 0.717) is 23.7 Å². The van der Waals surface area contributed by atoms with E-state index in [1.165, 1.54) is 0 Å². The third kappa shape index (κ3) is 6.27. The Morgan fingerprint density at radius 1 is 1.19 bits per heavy atom. The molecule has 198 valence electrons. The van der Waals surface area contributed by atoms with Gasteiger partial charge < -0.3 is 15.2 Å². The summed E-state index contributed by atoms with van der Waals surface area (Å²) in [5.74, 6) is 2.88. The number of aryl methyl sites for hydroxylation is 1. The minimum atomic E-state index is -0.219. The summed E-state index contributed by atoms with van der Waals surface area (Å²) in [6.45, 7) is 8.53.